The number of oxime groups is 1. The summed E-state index contributed by atoms with van der Waals surface area (Å²) >= 11 is 0. The summed E-state index contributed by atoms with van der Waals surface area (Å²) in [7, 11) is 0. The van der Waals surface area contributed by atoms with Crippen LogP contribution in [0.4, 0.5) is 0 Å². The molecule has 0 aliphatic carbocycles. The molecule has 0 aromatic heterocycles. The summed E-state index contributed by atoms with van der Waals surface area (Å²) in [6, 6.07) is 9.92. The third kappa shape index (κ3) is 3.67. The summed E-state index contributed by atoms with van der Waals surface area (Å²) in [5.74, 6) is 0.194. The number of ketones is 1. The number of nitrogens with zero attached hydrogens (tertiary/aromatic N) is 1. The fraction of sp³-hybridized carbons (Fsp3) is 0.429. The highest BCUT2D eigenvalue weighted by atomic mass is 16.6. The molecule has 18 heavy (non-hydrogen) atoms. The van der Waals surface area contributed by atoms with Crippen LogP contribution in [0.2, 0.25) is 0 Å². The number of nitrogens with one attached hydrogen (secondary N) is 1. The van der Waals surface area contributed by atoms with E-state index < -0.39 is 0 Å². The van der Waals surface area contributed by atoms with E-state index in [9.17, 15) is 4.79 Å². The van der Waals surface area contributed by atoms with Crippen molar-refractivity contribution >= 4 is 11.5 Å². The summed E-state index contributed by atoms with van der Waals surface area (Å²) in [5, 5.41) is 7.27. The number of rotatable bonds is 4. The average Bonchev–Trinajstić information content (AvgIpc) is 2.40. The van der Waals surface area contributed by atoms with Crippen LogP contribution in [0.5, 0.6) is 0 Å². The summed E-state index contributed by atoms with van der Waals surface area (Å²) in [6.45, 7) is 2.74. The lowest BCUT2D eigenvalue weighted by Crippen LogP contribution is -2.43. The largest absolute Gasteiger partial charge is 0.391 e. The summed E-state index contributed by atoms with van der Waals surface area (Å²) in [5.41, 5.74) is 2.08. The van der Waals surface area contributed by atoms with E-state index in [2.05, 4.69) is 10.5 Å². The number of carbonyl (C=O) groups excluding carboxylic acids is 1. The molecule has 0 radical (unpaired) electrons. The van der Waals surface area contributed by atoms with Crippen LogP contribution >= 0.6 is 0 Å². The van der Waals surface area contributed by atoms with E-state index in [4.69, 9.17) is 4.84 Å². The molecule has 4 nitrogen and oxygen atoms in total. The molecule has 0 unspecified atom stereocenters. The zero-order chi connectivity index (χ0) is 12.8. The van der Waals surface area contributed by atoms with Crippen LogP contribution in [0.25, 0.3) is 0 Å². The molecular formula is C14H18N2O2. The molecule has 1 heterocycles. The fourth-order valence-electron chi connectivity index (χ4n) is 1.94. The van der Waals surface area contributed by atoms with Crippen molar-refractivity contribution < 1.29 is 9.63 Å². The Hall–Kier alpha value is -1.68. The van der Waals surface area contributed by atoms with Gasteiger partial charge in [0.2, 0.25) is 0 Å². The third-order valence-electron chi connectivity index (χ3n) is 3.03. The second kappa shape index (κ2) is 6.31. The number of hydrogen-bond acceptors (Lipinski definition) is 4. The zero-order valence-corrected chi connectivity index (χ0v) is 10.6. The maximum absolute atomic E-state index is 11.2. The van der Waals surface area contributed by atoms with E-state index in [0.717, 1.165) is 24.1 Å². The number of piperidine rings is 1. The summed E-state index contributed by atoms with van der Waals surface area (Å²) < 4.78 is 0. The minimum absolute atomic E-state index is 0.0157. The maximum Gasteiger partial charge on any atom is 0.146 e. The lowest BCUT2D eigenvalue weighted by atomic mass is 10.0. The Morgan fingerprint density at radius 3 is 2.83 bits per heavy atom. The van der Waals surface area contributed by atoms with Gasteiger partial charge in [0.25, 0.3) is 0 Å². The van der Waals surface area contributed by atoms with E-state index in [0.29, 0.717) is 13.2 Å². The molecule has 0 saturated carbocycles. The fourth-order valence-corrected chi connectivity index (χ4v) is 1.94. The van der Waals surface area contributed by atoms with Gasteiger partial charge in [0.15, 0.2) is 0 Å². The Morgan fingerprint density at radius 2 is 2.22 bits per heavy atom. The van der Waals surface area contributed by atoms with Gasteiger partial charge in [-0.05, 0) is 25.3 Å². The highest BCUT2D eigenvalue weighted by Crippen LogP contribution is 2.08. The Labute approximate surface area is 107 Å². The van der Waals surface area contributed by atoms with Gasteiger partial charge in [-0.1, -0.05) is 35.5 Å². The first kappa shape index (κ1) is 12.8. The van der Waals surface area contributed by atoms with Crippen molar-refractivity contribution in [1.29, 1.82) is 0 Å². The van der Waals surface area contributed by atoms with Crippen molar-refractivity contribution in [3.63, 3.8) is 0 Å². The highest BCUT2D eigenvalue weighted by Gasteiger charge is 2.20. The predicted octanol–water partition coefficient (Wildman–Crippen LogP) is 1.90. The SMILES string of the molecule is CC(=O)[C@@H]1CCC(=NOCc2ccccc2)CN1. The maximum atomic E-state index is 11.2. The van der Waals surface area contributed by atoms with Crippen LogP contribution in [-0.2, 0) is 16.2 Å². The topological polar surface area (TPSA) is 50.7 Å². The number of hydrogen-bond donors (Lipinski definition) is 1. The van der Waals surface area contributed by atoms with Gasteiger partial charge >= 0.3 is 0 Å². The first-order valence-electron chi connectivity index (χ1n) is 6.21. The van der Waals surface area contributed by atoms with Crippen LogP contribution in [0.1, 0.15) is 25.3 Å². The van der Waals surface area contributed by atoms with Gasteiger partial charge in [-0.25, -0.2) is 0 Å². The Balaban J connectivity index is 1.76. The number of Topliss-reactive ketones (excluding diaryl/α,β-unsaturated/α-hetero) is 1. The van der Waals surface area contributed by atoms with Gasteiger partial charge in [-0.3, -0.25) is 4.79 Å². The van der Waals surface area contributed by atoms with Crippen LogP contribution in [-0.4, -0.2) is 24.1 Å². The molecule has 4 heteroatoms. The van der Waals surface area contributed by atoms with E-state index >= 15 is 0 Å². The van der Waals surface area contributed by atoms with E-state index in [-0.39, 0.29) is 11.8 Å². The molecule has 1 aromatic carbocycles. The molecule has 1 aliphatic rings. The van der Waals surface area contributed by atoms with Gasteiger partial charge in [-0.15, -0.1) is 0 Å². The normalized spacial score (nSPS) is 21.8. The van der Waals surface area contributed by atoms with Crippen molar-refractivity contribution in [3.05, 3.63) is 35.9 Å². The molecule has 0 spiro atoms. The van der Waals surface area contributed by atoms with Crippen LogP contribution < -0.4 is 5.32 Å². The Morgan fingerprint density at radius 1 is 1.44 bits per heavy atom. The molecule has 1 aromatic rings. The summed E-state index contributed by atoms with van der Waals surface area (Å²) in [6.07, 6.45) is 1.63. The Bertz CT molecular complexity index is 419. The first-order valence-corrected chi connectivity index (χ1v) is 6.21. The molecule has 96 valence electrons. The first-order chi connectivity index (χ1) is 8.75. The van der Waals surface area contributed by atoms with Gasteiger partial charge < -0.3 is 10.2 Å². The number of benzene rings is 1. The van der Waals surface area contributed by atoms with Crippen LogP contribution in [0, 0.1) is 0 Å². The second-order valence-corrected chi connectivity index (χ2v) is 4.50. The van der Waals surface area contributed by atoms with Gasteiger partial charge in [-0.2, -0.15) is 0 Å². The number of carbonyl (C=O) groups is 1. The predicted molar refractivity (Wildman–Crippen MR) is 70.4 cm³/mol. The van der Waals surface area contributed by atoms with Crippen LogP contribution in [0.3, 0.4) is 0 Å². The van der Waals surface area contributed by atoms with Crippen molar-refractivity contribution in [3.8, 4) is 0 Å². The smallest absolute Gasteiger partial charge is 0.146 e. The molecule has 0 amide bonds. The van der Waals surface area contributed by atoms with Gasteiger partial charge in [0.1, 0.15) is 12.4 Å². The molecule has 1 aliphatic heterocycles. The van der Waals surface area contributed by atoms with Crippen molar-refractivity contribution in [2.75, 3.05) is 6.54 Å². The van der Waals surface area contributed by atoms with E-state index in [1.807, 2.05) is 30.3 Å². The highest BCUT2D eigenvalue weighted by molar-refractivity contribution is 5.90. The lowest BCUT2D eigenvalue weighted by molar-refractivity contribution is -0.119. The summed E-state index contributed by atoms with van der Waals surface area (Å²) in [4.78, 5) is 16.5. The van der Waals surface area contributed by atoms with Crippen molar-refractivity contribution in [2.45, 2.75) is 32.4 Å². The van der Waals surface area contributed by atoms with E-state index in [1.54, 1.807) is 6.92 Å². The second-order valence-electron chi connectivity index (χ2n) is 4.50. The van der Waals surface area contributed by atoms with E-state index in [1.165, 1.54) is 0 Å². The van der Waals surface area contributed by atoms with Crippen molar-refractivity contribution in [2.24, 2.45) is 5.16 Å². The van der Waals surface area contributed by atoms with Crippen LogP contribution in [0.15, 0.2) is 35.5 Å². The monoisotopic (exact) mass is 246 g/mol. The molecule has 1 N–H and O–H groups in total. The molecule has 2 rings (SSSR count). The molecule has 0 bridgehead atoms. The minimum atomic E-state index is -0.0157. The standard InChI is InChI=1S/C14H18N2O2/c1-11(17)14-8-7-13(9-15-14)16-18-10-12-5-3-2-4-6-12/h2-6,14-15H,7-10H2,1H3/t14-/m0/s1. The lowest BCUT2D eigenvalue weighted by Gasteiger charge is -2.21. The minimum Gasteiger partial charge on any atom is -0.391 e. The third-order valence-corrected chi connectivity index (χ3v) is 3.03. The molecular weight excluding hydrogens is 228 g/mol. The quantitative estimate of drug-likeness (QED) is 0.825. The molecule has 1 fully saturated rings. The van der Waals surface area contributed by atoms with Gasteiger partial charge in [0, 0.05) is 6.54 Å². The zero-order valence-electron chi connectivity index (χ0n) is 10.6. The average molecular weight is 246 g/mol. The Kier molecular flexibility index (Phi) is 4.47. The molecule has 1 atom stereocenters. The molecule has 1 saturated heterocycles. The van der Waals surface area contributed by atoms with Gasteiger partial charge in [0.05, 0.1) is 11.8 Å². The van der Waals surface area contributed by atoms with Crippen molar-refractivity contribution in [1.82, 2.24) is 5.32 Å².